The molecule has 13 heavy (non-hydrogen) atoms. The number of rotatable bonds is 2. The minimum atomic E-state index is -4.66. The first kappa shape index (κ1) is 10.1. The second-order valence-corrected chi connectivity index (χ2v) is 4.10. The van der Waals surface area contributed by atoms with Crippen LogP contribution in [0.25, 0.3) is 0 Å². The molecule has 1 aromatic carbocycles. The molecule has 0 radical (unpaired) electrons. The van der Waals surface area contributed by atoms with Crippen molar-refractivity contribution in [3.05, 3.63) is 35.1 Å². The fraction of sp³-hybridized carbons (Fsp3) is 0.250. The van der Waals surface area contributed by atoms with Crippen LogP contribution in [0.2, 0.25) is 0 Å². The molecule has 0 aromatic heterocycles. The summed E-state index contributed by atoms with van der Waals surface area (Å²) in [6.45, 7) is 1.49. The van der Waals surface area contributed by atoms with Gasteiger partial charge in [-0.25, -0.2) is 4.39 Å². The van der Waals surface area contributed by atoms with Crippen LogP contribution in [0.1, 0.15) is 11.1 Å². The van der Waals surface area contributed by atoms with E-state index in [1.807, 2.05) is 0 Å². The summed E-state index contributed by atoms with van der Waals surface area (Å²) in [6, 6.07) is 4.22. The number of hydrogen-bond acceptors (Lipinski definition) is 2. The lowest BCUT2D eigenvalue weighted by Crippen LogP contribution is -2.00. The van der Waals surface area contributed by atoms with E-state index in [2.05, 4.69) is 0 Å². The standard InChI is InChI=1S/C8H8F2O2S/c1-6-3-2-4-7(8(6)9)5-13(10,11)12/h2-4H,5H2,1H3. The van der Waals surface area contributed by atoms with Gasteiger partial charge in [-0.2, -0.15) is 8.42 Å². The molecule has 0 amide bonds. The zero-order chi connectivity index (χ0) is 10.1. The van der Waals surface area contributed by atoms with Gasteiger partial charge >= 0.3 is 10.2 Å². The van der Waals surface area contributed by atoms with Gasteiger partial charge in [-0.3, -0.25) is 0 Å². The Morgan fingerprint density at radius 3 is 2.54 bits per heavy atom. The summed E-state index contributed by atoms with van der Waals surface area (Å²) in [6.07, 6.45) is 0. The normalized spacial score (nSPS) is 11.6. The Kier molecular flexibility index (Phi) is 2.66. The number of hydrogen-bond donors (Lipinski definition) is 0. The molecule has 0 aliphatic carbocycles. The highest BCUT2D eigenvalue weighted by molar-refractivity contribution is 7.85. The van der Waals surface area contributed by atoms with Crippen LogP contribution in [-0.2, 0) is 16.0 Å². The summed E-state index contributed by atoms with van der Waals surface area (Å²) in [5.41, 5.74) is 0.170. The number of halogens is 2. The van der Waals surface area contributed by atoms with Crippen LogP contribution in [0.3, 0.4) is 0 Å². The van der Waals surface area contributed by atoms with Crippen LogP contribution in [0.5, 0.6) is 0 Å². The van der Waals surface area contributed by atoms with Crippen molar-refractivity contribution in [2.45, 2.75) is 12.7 Å². The summed E-state index contributed by atoms with van der Waals surface area (Å²) in [5, 5.41) is 0. The van der Waals surface area contributed by atoms with E-state index in [0.29, 0.717) is 5.56 Å². The Balaban J connectivity index is 3.10. The maximum absolute atomic E-state index is 13.1. The molecule has 0 bridgehead atoms. The summed E-state index contributed by atoms with van der Waals surface area (Å²) >= 11 is 0. The molecule has 0 unspecified atom stereocenters. The van der Waals surface area contributed by atoms with Crippen molar-refractivity contribution >= 4 is 10.2 Å². The minimum absolute atomic E-state index is 0.137. The molecule has 0 heterocycles. The SMILES string of the molecule is Cc1cccc(CS(=O)(=O)F)c1F. The first-order valence-corrected chi connectivity index (χ1v) is 5.12. The number of benzene rings is 1. The van der Waals surface area contributed by atoms with Gasteiger partial charge < -0.3 is 0 Å². The molecule has 0 fully saturated rings. The molecule has 1 aromatic rings. The highest BCUT2D eigenvalue weighted by Gasteiger charge is 2.13. The molecular weight excluding hydrogens is 198 g/mol. The maximum atomic E-state index is 13.1. The molecular formula is C8H8F2O2S. The van der Waals surface area contributed by atoms with Crippen molar-refractivity contribution in [1.82, 2.24) is 0 Å². The van der Waals surface area contributed by atoms with Crippen molar-refractivity contribution in [3.63, 3.8) is 0 Å². The fourth-order valence-electron chi connectivity index (χ4n) is 1.01. The van der Waals surface area contributed by atoms with Crippen LogP contribution in [0.4, 0.5) is 8.28 Å². The van der Waals surface area contributed by atoms with Gasteiger partial charge in [0, 0.05) is 5.56 Å². The maximum Gasteiger partial charge on any atom is 0.306 e. The Hall–Kier alpha value is -0.970. The number of aryl methyl sites for hydroxylation is 1. The predicted octanol–water partition coefficient (Wildman–Crippen LogP) is 1.93. The third kappa shape index (κ3) is 2.77. The average Bonchev–Trinajstić information content (AvgIpc) is 1.96. The predicted molar refractivity (Wildman–Crippen MR) is 44.9 cm³/mol. The second kappa shape index (κ2) is 3.41. The molecule has 72 valence electrons. The summed E-state index contributed by atoms with van der Waals surface area (Å²) in [4.78, 5) is 0. The summed E-state index contributed by atoms with van der Waals surface area (Å²) < 4.78 is 45.8. The third-order valence-electron chi connectivity index (χ3n) is 1.60. The molecule has 0 aliphatic heterocycles. The molecule has 0 spiro atoms. The lowest BCUT2D eigenvalue weighted by Gasteiger charge is -2.01. The molecule has 0 aliphatic rings. The smallest absolute Gasteiger partial charge is 0.206 e. The zero-order valence-electron chi connectivity index (χ0n) is 6.92. The van der Waals surface area contributed by atoms with Gasteiger partial charge in [0.05, 0.1) is 0 Å². The van der Waals surface area contributed by atoms with Gasteiger partial charge in [-0.05, 0) is 12.5 Å². The largest absolute Gasteiger partial charge is 0.306 e. The minimum Gasteiger partial charge on any atom is -0.206 e. The van der Waals surface area contributed by atoms with E-state index >= 15 is 0 Å². The molecule has 0 atom stereocenters. The topological polar surface area (TPSA) is 34.1 Å². The van der Waals surface area contributed by atoms with Crippen molar-refractivity contribution in [2.75, 3.05) is 0 Å². The Morgan fingerprint density at radius 2 is 2.00 bits per heavy atom. The van der Waals surface area contributed by atoms with Crippen LogP contribution in [0.15, 0.2) is 18.2 Å². The highest BCUT2D eigenvalue weighted by atomic mass is 32.3. The van der Waals surface area contributed by atoms with Gasteiger partial charge in [0.2, 0.25) is 0 Å². The van der Waals surface area contributed by atoms with E-state index < -0.39 is 21.8 Å². The quantitative estimate of drug-likeness (QED) is 0.693. The van der Waals surface area contributed by atoms with Gasteiger partial charge in [0.15, 0.2) is 0 Å². The summed E-state index contributed by atoms with van der Waals surface area (Å²) in [7, 11) is -4.66. The Bertz CT molecular complexity index is 412. The van der Waals surface area contributed by atoms with Crippen LogP contribution in [-0.4, -0.2) is 8.42 Å². The lowest BCUT2D eigenvalue weighted by atomic mass is 10.1. The fourth-order valence-corrected chi connectivity index (χ4v) is 1.60. The summed E-state index contributed by atoms with van der Waals surface area (Å²) in [5.74, 6) is -1.57. The van der Waals surface area contributed by atoms with Gasteiger partial charge in [-0.15, -0.1) is 3.89 Å². The van der Waals surface area contributed by atoms with Gasteiger partial charge in [0.1, 0.15) is 11.6 Å². The molecule has 0 N–H and O–H groups in total. The Morgan fingerprint density at radius 1 is 1.38 bits per heavy atom. The van der Waals surface area contributed by atoms with Gasteiger partial charge in [-0.1, -0.05) is 18.2 Å². The van der Waals surface area contributed by atoms with E-state index in [1.165, 1.54) is 25.1 Å². The van der Waals surface area contributed by atoms with Crippen molar-refractivity contribution in [2.24, 2.45) is 0 Å². The molecule has 5 heteroatoms. The second-order valence-electron chi connectivity index (χ2n) is 2.73. The first-order chi connectivity index (χ1) is 5.90. The molecule has 2 nitrogen and oxygen atoms in total. The van der Waals surface area contributed by atoms with Crippen molar-refractivity contribution in [3.8, 4) is 0 Å². The average molecular weight is 206 g/mol. The van der Waals surface area contributed by atoms with Crippen molar-refractivity contribution in [1.29, 1.82) is 0 Å². The van der Waals surface area contributed by atoms with Gasteiger partial charge in [0.25, 0.3) is 0 Å². The van der Waals surface area contributed by atoms with Crippen LogP contribution in [0, 0.1) is 12.7 Å². The monoisotopic (exact) mass is 206 g/mol. The first-order valence-electron chi connectivity index (χ1n) is 3.56. The highest BCUT2D eigenvalue weighted by Crippen LogP contribution is 2.15. The van der Waals surface area contributed by atoms with E-state index in [1.54, 1.807) is 0 Å². The van der Waals surface area contributed by atoms with E-state index in [4.69, 9.17) is 0 Å². The van der Waals surface area contributed by atoms with Crippen LogP contribution >= 0.6 is 0 Å². The van der Waals surface area contributed by atoms with E-state index in [0.717, 1.165) is 0 Å². The lowest BCUT2D eigenvalue weighted by molar-refractivity contribution is 0.546. The molecule has 1 rings (SSSR count). The van der Waals surface area contributed by atoms with Crippen molar-refractivity contribution < 1.29 is 16.7 Å². The molecule has 0 saturated heterocycles. The van der Waals surface area contributed by atoms with E-state index in [9.17, 15) is 16.7 Å². The Labute approximate surface area is 75.4 Å². The van der Waals surface area contributed by atoms with Crippen LogP contribution < -0.4 is 0 Å². The molecule has 0 saturated carbocycles. The zero-order valence-corrected chi connectivity index (χ0v) is 7.74. The van der Waals surface area contributed by atoms with E-state index in [-0.39, 0.29) is 5.56 Å². The third-order valence-corrected chi connectivity index (χ3v) is 2.26.